The van der Waals surface area contributed by atoms with Gasteiger partial charge in [-0.2, -0.15) is 0 Å². The molecule has 0 unspecified atom stereocenters. The first-order valence-electron chi connectivity index (χ1n) is 4.92. The summed E-state index contributed by atoms with van der Waals surface area (Å²) < 4.78 is 1.78. The Morgan fingerprint density at radius 3 is 2.47 bits per heavy atom. The molecule has 0 fully saturated rings. The van der Waals surface area contributed by atoms with Gasteiger partial charge in [0.25, 0.3) is 0 Å². The van der Waals surface area contributed by atoms with Gasteiger partial charge in [0.05, 0.1) is 0 Å². The average molecular weight is 252 g/mol. The van der Waals surface area contributed by atoms with E-state index in [1.807, 2.05) is 24.5 Å². The second-order valence-corrected chi connectivity index (χ2v) is 4.01. The van der Waals surface area contributed by atoms with Gasteiger partial charge in [-0.1, -0.05) is 11.6 Å². The monoisotopic (exact) mass is 251 g/mol. The zero-order valence-electron chi connectivity index (χ0n) is 8.75. The molecule has 1 aromatic heterocycles. The molecule has 5 heteroatoms. The van der Waals surface area contributed by atoms with Gasteiger partial charge in [-0.15, -0.1) is 0 Å². The van der Waals surface area contributed by atoms with Crippen molar-refractivity contribution in [1.29, 1.82) is 0 Å². The molecule has 0 amide bonds. The topological polar surface area (TPSA) is 62.5 Å². The van der Waals surface area contributed by atoms with Gasteiger partial charge in [0, 0.05) is 23.1 Å². The van der Waals surface area contributed by atoms with Crippen LogP contribution in [0.3, 0.4) is 0 Å². The molecular formula is C12H10ClNO3. The van der Waals surface area contributed by atoms with Crippen LogP contribution in [0.5, 0.6) is 0 Å². The van der Waals surface area contributed by atoms with Gasteiger partial charge in [0.1, 0.15) is 0 Å². The van der Waals surface area contributed by atoms with E-state index in [9.17, 15) is 9.90 Å². The number of carboxylic acid groups (broad SMARTS) is 1. The first-order chi connectivity index (χ1) is 8.08. The lowest BCUT2D eigenvalue weighted by atomic mass is 10.1. The van der Waals surface area contributed by atoms with Crippen molar-refractivity contribution in [2.24, 2.45) is 0 Å². The van der Waals surface area contributed by atoms with Crippen LogP contribution in [0.1, 0.15) is 11.7 Å². The third-order valence-electron chi connectivity index (χ3n) is 2.36. The van der Waals surface area contributed by atoms with Gasteiger partial charge in [0.2, 0.25) is 0 Å². The van der Waals surface area contributed by atoms with Crippen LogP contribution in [0.4, 0.5) is 0 Å². The van der Waals surface area contributed by atoms with E-state index in [0.717, 1.165) is 0 Å². The maximum Gasteiger partial charge on any atom is 0.337 e. The Morgan fingerprint density at radius 1 is 1.24 bits per heavy atom. The van der Waals surface area contributed by atoms with Crippen molar-refractivity contribution in [3.05, 3.63) is 53.3 Å². The van der Waals surface area contributed by atoms with Crippen LogP contribution in [0.15, 0.2) is 42.7 Å². The molecule has 0 aliphatic heterocycles. The Bertz CT molecular complexity index is 537. The number of hydrogen-bond donors (Lipinski definition) is 2. The smallest absolute Gasteiger partial charge is 0.337 e. The van der Waals surface area contributed by atoms with Crippen molar-refractivity contribution in [3.63, 3.8) is 0 Å². The summed E-state index contributed by atoms with van der Waals surface area (Å²) in [4.78, 5) is 10.7. The first-order valence-corrected chi connectivity index (χ1v) is 5.30. The molecule has 1 aromatic carbocycles. The highest BCUT2D eigenvalue weighted by Gasteiger charge is 2.17. The second-order valence-electron chi connectivity index (χ2n) is 3.57. The van der Waals surface area contributed by atoms with Crippen molar-refractivity contribution in [2.75, 3.05) is 0 Å². The summed E-state index contributed by atoms with van der Waals surface area (Å²) in [6.45, 7) is 0. The third kappa shape index (κ3) is 2.49. The largest absolute Gasteiger partial charge is 0.479 e. The van der Waals surface area contributed by atoms with Crippen LogP contribution in [0.25, 0.3) is 5.69 Å². The SMILES string of the molecule is O=C(O)[C@@H](O)c1cc(Cl)cc(-n2cccc2)c1. The van der Waals surface area contributed by atoms with Gasteiger partial charge < -0.3 is 14.8 Å². The molecule has 17 heavy (non-hydrogen) atoms. The predicted molar refractivity (Wildman–Crippen MR) is 63.4 cm³/mol. The molecule has 0 saturated heterocycles. The number of halogens is 1. The molecule has 0 aliphatic carbocycles. The molecule has 0 aliphatic rings. The molecule has 0 spiro atoms. The number of nitrogens with zero attached hydrogens (tertiary/aromatic N) is 1. The van der Waals surface area contributed by atoms with E-state index in [4.69, 9.17) is 16.7 Å². The molecule has 1 heterocycles. The van der Waals surface area contributed by atoms with Gasteiger partial charge in [-0.05, 0) is 35.9 Å². The van der Waals surface area contributed by atoms with E-state index in [2.05, 4.69) is 0 Å². The number of carboxylic acids is 1. The zero-order valence-corrected chi connectivity index (χ0v) is 9.50. The molecule has 2 rings (SSSR count). The summed E-state index contributed by atoms with van der Waals surface area (Å²) in [5.74, 6) is -1.30. The van der Waals surface area contributed by atoms with Crippen molar-refractivity contribution < 1.29 is 15.0 Å². The van der Waals surface area contributed by atoms with Crippen LogP contribution in [0, 0.1) is 0 Å². The van der Waals surface area contributed by atoms with Crippen molar-refractivity contribution in [3.8, 4) is 5.69 Å². The van der Waals surface area contributed by atoms with E-state index in [1.54, 1.807) is 16.7 Å². The average Bonchev–Trinajstić information content (AvgIpc) is 2.80. The Kier molecular flexibility index (Phi) is 3.17. The third-order valence-corrected chi connectivity index (χ3v) is 2.58. The summed E-state index contributed by atoms with van der Waals surface area (Å²) in [6.07, 6.45) is 2.05. The van der Waals surface area contributed by atoms with E-state index >= 15 is 0 Å². The van der Waals surface area contributed by atoms with Crippen molar-refractivity contribution in [1.82, 2.24) is 4.57 Å². The van der Waals surface area contributed by atoms with Crippen LogP contribution in [-0.4, -0.2) is 20.7 Å². The molecule has 1 atom stereocenters. The van der Waals surface area contributed by atoms with Crippen molar-refractivity contribution in [2.45, 2.75) is 6.10 Å². The van der Waals surface area contributed by atoms with E-state index in [-0.39, 0.29) is 5.56 Å². The van der Waals surface area contributed by atoms with Crippen LogP contribution < -0.4 is 0 Å². The Morgan fingerprint density at radius 2 is 1.88 bits per heavy atom. The van der Waals surface area contributed by atoms with Crippen LogP contribution in [-0.2, 0) is 4.79 Å². The highest BCUT2D eigenvalue weighted by molar-refractivity contribution is 6.30. The number of aliphatic hydroxyl groups is 1. The summed E-state index contributed by atoms with van der Waals surface area (Å²) >= 11 is 5.90. The number of benzene rings is 1. The number of aliphatic hydroxyl groups excluding tert-OH is 1. The summed E-state index contributed by atoms with van der Waals surface area (Å²) in [6, 6.07) is 8.40. The summed E-state index contributed by atoms with van der Waals surface area (Å²) in [5, 5.41) is 18.6. The molecule has 0 radical (unpaired) electrons. The fourth-order valence-corrected chi connectivity index (χ4v) is 1.79. The molecule has 2 N–H and O–H groups in total. The van der Waals surface area contributed by atoms with Gasteiger partial charge in [-0.3, -0.25) is 0 Å². The number of carbonyl (C=O) groups is 1. The Labute approximate surface area is 103 Å². The minimum Gasteiger partial charge on any atom is -0.479 e. The van der Waals surface area contributed by atoms with Gasteiger partial charge in [-0.25, -0.2) is 4.79 Å². The molecule has 4 nitrogen and oxygen atoms in total. The normalized spacial score (nSPS) is 12.4. The molecule has 0 bridgehead atoms. The molecule has 0 saturated carbocycles. The molecule has 88 valence electrons. The Balaban J connectivity index is 2.46. The fourth-order valence-electron chi connectivity index (χ4n) is 1.55. The lowest BCUT2D eigenvalue weighted by Crippen LogP contribution is -2.10. The zero-order chi connectivity index (χ0) is 12.4. The first kappa shape index (κ1) is 11.7. The lowest BCUT2D eigenvalue weighted by Gasteiger charge is -2.10. The maximum absolute atomic E-state index is 10.7. The fraction of sp³-hybridized carbons (Fsp3) is 0.0833. The second kappa shape index (κ2) is 4.61. The predicted octanol–water partition coefficient (Wildman–Crippen LogP) is 2.25. The highest BCUT2D eigenvalue weighted by Crippen LogP contribution is 2.23. The van der Waals surface area contributed by atoms with Gasteiger partial charge >= 0.3 is 5.97 Å². The van der Waals surface area contributed by atoms with Crippen LogP contribution >= 0.6 is 11.6 Å². The quantitative estimate of drug-likeness (QED) is 0.880. The van der Waals surface area contributed by atoms with Crippen molar-refractivity contribution >= 4 is 17.6 Å². The lowest BCUT2D eigenvalue weighted by molar-refractivity contribution is -0.146. The number of aliphatic carboxylic acids is 1. The molecule has 2 aromatic rings. The number of hydrogen-bond acceptors (Lipinski definition) is 2. The number of aromatic nitrogens is 1. The minimum absolute atomic E-state index is 0.258. The van der Waals surface area contributed by atoms with E-state index in [1.165, 1.54) is 6.07 Å². The number of rotatable bonds is 3. The summed E-state index contributed by atoms with van der Waals surface area (Å²) in [7, 11) is 0. The molecular weight excluding hydrogens is 242 g/mol. The maximum atomic E-state index is 10.7. The standard InChI is InChI=1S/C12H10ClNO3/c13-9-5-8(11(15)12(16)17)6-10(7-9)14-3-1-2-4-14/h1-7,11,15H,(H,16,17)/t11-/m0/s1. The summed E-state index contributed by atoms with van der Waals surface area (Å²) in [5.41, 5.74) is 0.964. The minimum atomic E-state index is -1.57. The van der Waals surface area contributed by atoms with Gasteiger partial charge in [0.15, 0.2) is 6.10 Å². The Hall–Kier alpha value is -1.78. The highest BCUT2D eigenvalue weighted by atomic mass is 35.5. The van der Waals surface area contributed by atoms with Crippen LogP contribution in [0.2, 0.25) is 5.02 Å². The van der Waals surface area contributed by atoms with E-state index < -0.39 is 12.1 Å². The van der Waals surface area contributed by atoms with E-state index in [0.29, 0.717) is 10.7 Å².